The van der Waals surface area contributed by atoms with Crippen LogP contribution in [0.15, 0.2) is 47.7 Å². The molecule has 30 heavy (non-hydrogen) atoms. The SMILES string of the molecule is CN=C(NCC(=O)N1CCc2ccccc2C1)N1CCN(c2ncccn2)CC1.I. The van der Waals surface area contributed by atoms with Gasteiger partial charge < -0.3 is 20.0 Å². The van der Waals surface area contributed by atoms with Crippen molar-refractivity contribution in [2.75, 3.05) is 51.2 Å². The van der Waals surface area contributed by atoms with E-state index >= 15 is 0 Å². The minimum absolute atomic E-state index is 0. The molecule has 0 radical (unpaired) electrons. The third kappa shape index (κ3) is 5.18. The minimum atomic E-state index is 0. The second kappa shape index (κ2) is 10.6. The summed E-state index contributed by atoms with van der Waals surface area (Å²) in [4.78, 5) is 32.0. The molecule has 1 N–H and O–H groups in total. The number of fused-ring (bicyclic) bond motifs is 1. The first-order valence-corrected chi connectivity index (χ1v) is 10.1. The molecule has 1 amide bonds. The maximum atomic E-state index is 12.7. The summed E-state index contributed by atoms with van der Waals surface area (Å²) in [7, 11) is 1.76. The van der Waals surface area contributed by atoms with E-state index in [1.54, 1.807) is 19.4 Å². The molecule has 9 heteroatoms. The Morgan fingerprint density at radius 3 is 2.40 bits per heavy atom. The molecule has 2 aromatic rings. The second-order valence-corrected chi connectivity index (χ2v) is 7.26. The number of hydrogen-bond acceptors (Lipinski definition) is 5. The molecule has 0 spiro atoms. The molecule has 0 atom stereocenters. The van der Waals surface area contributed by atoms with Crippen LogP contribution < -0.4 is 10.2 Å². The Balaban J connectivity index is 0.00000256. The third-order valence-electron chi connectivity index (χ3n) is 5.51. The fourth-order valence-electron chi connectivity index (χ4n) is 3.88. The summed E-state index contributed by atoms with van der Waals surface area (Å²) in [5.41, 5.74) is 2.59. The van der Waals surface area contributed by atoms with Crippen LogP contribution in [0.4, 0.5) is 5.95 Å². The van der Waals surface area contributed by atoms with Crippen molar-refractivity contribution in [1.29, 1.82) is 0 Å². The molecule has 1 aromatic carbocycles. The van der Waals surface area contributed by atoms with E-state index in [4.69, 9.17) is 0 Å². The number of nitrogens with zero attached hydrogens (tertiary/aromatic N) is 6. The van der Waals surface area contributed by atoms with Crippen molar-refractivity contribution >= 4 is 41.8 Å². The fourth-order valence-corrected chi connectivity index (χ4v) is 3.88. The van der Waals surface area contributed by atoms with Gasteiger partial charge in [0, 0.05) is 58.7 Å². The molecule has 0 aliphatic carbocycles. The Bertz CT molecular complexity index is 869. The zero-order valence-corrected chi connectivity index (χ0v) is 19.5. The predicted octanol–water partition coefficient (Wildman–Crippen LogP) is 1.38. The van der Waals surface area contributed by atoms with Crippen molar-refractivity contribution in [3.05, 3.63) is 53.9 Å². The number of rotatable bonds is 3. The molecule has 0 saturated carbocycles. The van der Waals surface area contributed by atoms with Crippen LogP contribution in [0.5, 0.6) is 0 Å². The molecule has 4 rings (SSSR count). The number of carbonyl (C=O) groups excluding carboxylic acids is 1. The van der Waals surface area contributed by atoms with E-state index in [-0.39, 0.29) is 36.4 Å². The summed E-state index contributed by atoms with van der Waals surface area (Å²) in [6.07, 6.45) is 4.44. The van der Waals surface area contributed by atoms with Crippen molar-refractivity contribution in [1.82, 2.24) is 25.1 Å². The van der Waals surface area contributed by atoms with Crippen molar-refractivity contribution < 1.29 is 4.79 Å². The first-order chi connectivity index (χ1) is 14.2. The number of anilines is 1. The Kier molecular flexibility index (Phi) is 7.83. The van der Waals surface area contributed by atoms with Crippen molar-refractivity contribution in [2.24, 2.45) is 4.99 Å². The van der Waals surface area contributed by atoms with Gasteiger partial charge in [0.25, 0.3) is 0 Å². The molecule has 3 heterocycles. The average Bonchev–Trinajstić information content (AvgIpc) is 2.80. The Morgan fingerprint density at radius 2 is 1.70 bits per heavy atom. The average molecular weight is 521 g/mol. The molecule has 2 aliphatic heterocycles. The van der Waals surface area contributed by atoms with Gasteiger partial charge in [-0.25, -0.2) is 9.97 Å². The van der Waals surface area contributed by atoms with E-state index in [9.17, 15) is 4.79 Å². The van der Waals surface area contributed by atoms with Gasteiger partial charge in [-0.2, -0.15) is 0 Å². The number of aliphatic imine (C=N–C) groups is 1. The topological polar surface area (TPSA) is 77.0 Å². The summed E-state index contributed by atoms with van der Waals surface area (Å²) in [5, 5.41) is 3.25. The normalized spacial score (nSPS) is 16.6. The third-order valence-corrected chi connectivity index (χ3v) is 5.51. The summed E-state index contributed by atoms with van der Waals surface area (Å²) in [6.45, 7) is 4.98. The van der Waals surface area contributed by atoms with Crippen LogP contribution >= 0.6 is 24.0 Å². The highest BCUT2D eigenvalue weighted by Crippen LogP contribution is 2.18. The predicted molar refractivity (Wildman–Crippen MR) is 128 cm³/mol. The van der Waals surface area contributed by atoms with Gasteiger partial charge in [0.05, 0.1) is 6.54 Å². The maximum absolute atomic E-state index is 12.7. The molecule has 1 saturated heterocycles. The standard InChI is InChI=1S/C21H27N7O.HI/c1-22-20(26-11-13-27(14-12-26)21-23-8-4-9-24-21)25-15-19(29)28-10-7-17-5-2-3-6-18(17)16-28;/h2-6,8-9H,7,10-16H2,1H3,(H,22,25);1H. The Morgan fingerprint density at radius 1 is 1.00 bits per heavy atom. The lowest BCUT2D eigenvalue weighted by atomic mass is 10.00. The number of nitrogens with one attached hydrogen (secondary N) is 1. The largest absolute Gasteiger partial charge is 0.347 e. The van der Waals surface area contributed by atoms with Gasteiger partial charge in [0.2, 0.25) is 11.9 Å². The summed E-state index contributed by atoms with van der Waals surface area (Å²) in [5.74, 6) is 1.64. The number of benzene rings is 1. The van der Waals surface area contributed by atoms with Crippen LogP contribution in [0.3, 0.4) is 0 Å². The molecule has 1 aromatic heterocycles. The zero-order valence-electron chi connectivity index (χ0n) is 17.2. The lowest BCUT2D eigenvalue weighted by Gasteiger charge is -2.36. The highest BCUT2D eigenvalue weighted by molar-refractivity contribution is 14.0. The summed E-state index contributed by atoms with van der Waals surface area (Å²) >= 11 is 0. The summed E-state index contributed by atoms with van der Waals surface area (Å²) < 4.78 is 0. The molecule has 0 unspecified atom stereocenters. The van der Waals surface area contributed by atoms with Crippen molar-refractivity contribution in [3.63, 3.8) is 0 Å². The van der Waals surface area contributed by atoms with E-state index in [1.165, 1.54) is 11.1 Å². The lowest BCUT2D eigenvalue weighted by molar-refractivity contribution is -0.130. The number of guanidine groups is 1. The van der Waals surface area contributed by atoms with Gasteiger partial charge in [-0.1, -0.05) is 24.3 Å². The number of amides is 1. The summed E-state index contributed by atoms with van der Waals surface area (Å²) in [6, 6.07) is 10.2. The van der Waals surface area contributed by atoms with E-state index in [0.29, 0.717) is 6.54 Å². The number of carbonyl (C=O) groups is 1. The van der Waals surface area contributed by atoms with Gasteiger partial charge in [0.15, 0.2) is 5.96 Å². The second-order valence-electron chi connectivity index (χ2n) is 7.26. The van der Waals surface area contributed by atoms with Gasteiger partial charge in [-0.15, -0.1) is 24.0 Å². The van der Waals surface area contributed by atoms with Crippen LogP contribution in [-0.4, -0.2) is 78.0 Å². The van der Waals surface area contributed by atoms with Gasteiger partial charge in [-0.05, 0) is 23.6 Å². The number of aromatic nitrogens is 2. The molecule has 8 nitrogen and oxygen atoms in total. The van der Waals surface area contributed by atoms with E-state index in [2.05, 4.69) is 48.3 Å². The number of hydrogen-bond donors (Lipinski definition) is 1. The molecular weight excluding hydrogens is 493 g/mol. The maximum Gasteiger partial charge on any atom is 0.242 e. The minimum Gasteiger partial charge on any atom is -0.347 e. The molecule has 160 valence electrons. The van der Waals surface area contributed by atoms with E-state index in [0.717, 1.165) is 51.1 Å². The number of piperazine rings is 1. The first-order valence-electron chi connectivity index (χ1n) is 10.1. The Labute approximate surface area is 194 Å². The van der Waals surface area contributed by atoms with Crippen LogP contribution in [0.2, 0.25) is 0 Å². The van der Waals surface area contributed by atoms with Gasteiger partial charge >= 0.3 is 0 Å². The number of halogens is 1. The monoisotopic (exact) mass is 521 g/mol. The van der Waals surface area contributed by atoms with Crippen LogP contribution in [-0.2, 0) is 17.8 Å². The van der Waals surface area contributed by atoms with E-state index in [1.807, 2.05) is 17.0 Å². The fraction of sp³-hybridized carbons (Fsp3) is 0.429. The van der Waals surface area contributed by atoms with Gasteiger partial charge in [0.1, 0.15) is 0 Å². The Hall–Kier alpha value is -2.43. The van der Waals surface area contributed by atoms with Gasteiger partial charge in [-0.3, -0.25) is 9.79 Å². The van der Waals surface area contributed by atoms with Crippen LogP contribution in [0.1, 0.15) is 11.1 Å². The smallest absolute Gasteiger partial charge is 0.242 e. The molecule has 0 bridgehead atoms. The van der Waals surface area contributed by atoms with Crippen LogP contribution in [0, 0.1) is 0 Å². The molecular formula is C21H28IN7O. The lowest BCUT2D eigenvalue weighted by Crippen LogP contribution is -2.54. The van der Waals surface area contributed by atoms with Crippen molar-refractivity contribution in [3.8, 4) is 0 Å². The zero-order chi connectivity index (χ0) is 20.1. The first kappa shape index (κ1) is 22.3. The molecule has 2 aliphatic rings. The van der Waals surface area contributed by atoms with Crippen molar-refractivity contribution in [2.45, 2.75) is 13.0 Å². The molecule has 1 fully saturated rings. The quantitative estimate of drug-likeness (QED) is 0.374. The van der Waals surface area contributed by atoms with Crippen LogP contribution in [0.25, 0.3) is 0 Å². The highest BCUT2D eigenvalue weighted by Gasteiger charge is 2.23. The van der Waals surface area contributed by atoms with E-state index < -0.39 is 0 Å². The highest BCUT2D eigenvalue weighted by atomic mass is 127.